The van der Waals surface area contributed by atoms with E-state index in [1.807, 2.05) is 42.5 Å². The van der Waals surface area contributed by atoms with E-state index in [0.717, 1.165) is 5.56 Å². The Morgan fingerprint density at radius 2 is 1.84 bits per heavy atom. The molecule has 3 aliphatic rings. The van der Waals surface area contributed by atoms with Crippen LogP contribution >= 0.6 is 0 Å². The quantitative estimate of drug-likeness (QED) is 0.256. The van der Waals surface area contributed by atoms with Gasteiger partial charge in [-0.25, -0.2) is 13.4 Å². The van der Waals surface area contributed by atoms with Gasteiger partial charge in [-0.2, -0.15) is 0 Å². The zero-order valence-electron chi connectivity index (χ0n) is 28.0. The van der Waals surface area contributed by atoms with Gasteiger partial charge in [0.1, 0.15) is 35.3 Å². The number of ether oxygens (including phenoxy) is 2. The Balaban J connectivity index is 1.31. The summed E-state index contributed by atoms with van der Waals surface area (Å²) in [5.74, 6) is -1.54. The Hall–Kier alpha value is -4.49. The number of aliphatic hydroxyl groups excluding tert-OH is 1. The van der Waals surface area contributed by atoms with E-state index in [-0.39, 0.29) is 19.4 Å². The van der Waals surface area contributed by atoms with Crippen LogP contribution in [0.5, 0.6) is 11.5 Å². The molecule has 3 aromatic rings. The molecule has 3 amide bonds. The van der Waals surface area contributed by atoms with Crippen LogP contribution in [-0.4, -0.2) is 83.8 Å². The summed E-state index contributed by atoms with van der Waals surface area (Å²) in [4.78, 5) is 47.3. The van der Waals surface area contributed by atoms with Gasteiger partial charge in [0.05, 0.1) is 30.1 Å². The molecular formula is C36H42N4O8S. The number of aromatic nitrogens is 1. The summed E-state index contributed by atoms with van der Waals surface area (Å²) < 4.78 is 39.4. The number of amides is 3. The third kappa shape index (κ3) is 6.86. The molecule has 13 heteroatoms. The molecule has 12 nitrogen and oxygen atoms in total. The van der Waals surface area contributed by atoms with Crippen LogP contribution in [0.1, 0.15) is 46.5 Å². The Morgan fingerprint density at radius 1 is 1.12 bits per heavy atom. The van der Waals surface area contributed by atoms with Crippen molar-refractivity contribution in [3.8, 4) is 22.8 Å². The van der Waals surface area contributed by atoms with Crippen LogP contribution in [0, 0.1) is 11.3 Å². The number of nitrogens with zero attached hydrogens (tertiary/aromatic N) is 2. The second kappa shape index (κ2) is 12.8. The Bertz CT molecular complexity index is 1910. The van der Waals surface area contributed by atoms with Crippen LogP contribution in [0.15, 0.2) is 67.3 Å². The number of fused-ring (bicyclic) bond motifs is 1. The number of hydrogen-bond donors (Lipinski definition) is 3. The summed E-state index contributed by atoms with van der Waals surface area (Å²) in [6.45, 7) is 8.89. The fourth-order valence-corrected chi connectivity index (χ4v) is 7.62. The number of rotatable bonds is 11. The molecule has 5 atom stereocenters. The van der Waals surface area contributed by atoms with E-state index < -0.39 is 68.1 Å². The first-order chi connectivity index (χ1) is 23.2. The average Bonchev–Trinajstić information content (AvgIpc) is 4.00. The normalized spacial score (nSPS) is 24.2. The summed E-state index contributed by atoms with van der Waals surface area (Å²) in [5, 5.41) is 13.9. The molecule has 2 aliphatic carbocycles. The smallest absolute Gasteiger partial charge is 0.259 e. The van der Waals surface area contributed by atoms with Crippen LogP contribution in [0.2, 0.25) is 0 Å². The van der Waals surface area contributed by atoms with Gasteiger partial charge in [-0.15, -0.1) is 6.58 Å². The first kappa shape index (κ1) is 34.4. The van der Waals surface area contributed by atoms with E-state index in [1.165, 1.54) is 11.0 Å². The van der Waals surface area contributed by atoms with Gasteiger partial charge in [-0.05, 0) is 36.8 Å². The summed E-state index contributed by atoms with van der Waals surface area (Å²) >= 11 is 0. The van der Waals surface area contributed by atoms with Gasteiger partial charge in [0.2, 0.25) is 15.9 Å². The molecule has 0 bridgehead atoms. The van der Waals surface area contributed by atoms with Crippen LogP contribution in [0.4, 0.5) is 0 Å². The Labute approximate surface area is 285 Å². The molecule has 0 spiro atoms. The minimum Gasteiger partial charge on any atom is -0.497 e. The Kier molecular flexibility index (Phi) is 8.95. The van der Waals surface area contributed by atoms with Crippen LogP contribution in [0.25, 0.3) is 22.2 Å². The maximum atomic E-state index is 14.1. The summed E-state index contributed by atoms with van der Waals surface area (Å²) in [7, 11) is -2.30. The predicted molar refractivity (Wildman–Crippen MR) is 183 cm³/mol. The molecule has 3 N–H and O–H groups in total. The average molecular weight is 691 g/mol. The SMILES string of the molecule is C=C[C@@H]1C[C@]1(NC(=O)C1CC(Oc2cc(-c3ccccc3)nc3cc(OC)ccc23)CN1C(=O)[C@@H](O)C(C)(C)C)C(=O)NS(=O)(=O)C1CC1. The van der Waals surface area contributed by atoms with Crippen LogP contribution in [-0.2, 0) is 24.4 Å². The fraction of sp³-hybridized carbons (Fsp3) is 0.444. The van der Waals surface area contributed by atoms with E-state index in [0.29, 0.717) is 40.9 Å². The van der Waals surface area contributed by atoms with Crippen LogP contribution in [0.3, 0.4) is 0 Å². The highest BCUT2D eigenvalue weighted by atomic mass is 32.2. The van der Waals surface area contributed by atoms with E-state index in [4.69, 9.17) is 14.5 Å². The van der Waals surface area contributed by atoms with Gasteiger partial charge in [0.25, 0.3) is 11.8 Å². The highest BCUT2D eigenvalue weighted by Gasteiger charge is 2.62. The molecule has 6 rings (SSSR count). The topological polar surface area (TPSA) is 164 Å². The van der Waals surface area contributed by atoms with Gasteiger partial charge < -0.3 is 24.8 Å². The van der Waals surface area contributed by atoms with Crippen molar-refractivity contribution in [3.05, 3.63) is 67.3 Å². The number of nitrogens with one attached hydrogen (secondary N) is 2. The second-order valence-electron chi connectivity index (χ2n) is 14.2. The largest absolute Gasteiger partial charge is 0.497 e. The third-order valence-electron chi connectivity index (χ3n) is 9.49. The lowest BCUT2D eigenvalue weighted by Crippen LogP contribution is -2.57. The molecule has 260 valence electrons. The fourth-order valence-electron chi connectivity index (χ4n) is 6.26. The van der Waals surface area contributed by atoms with Crippen molar-refractivity contribution in [3.63, 3.8) is 0 Å². The van der Waals surface area contributed by atoms with E-state index >= 15 is 0 Å². The van der Waals surface area contributed by atoms with Gasteiger partial charge in [-0.1, -0.05) is 57.2 Å². The number of hydrogen-bond acceptors (Lipinski definition) is 9. The number of aliphatic hydroxyl groups is 1. The molecule has 1 aliphatic heterocycles. The van der Waals surface area contributed by atoms with Gasteiger partial charge >= 0.3 is 0 Å². The number of carbonyl (C=O) groups excluding carboxylic acids is 3. The molecule has 2 unspecified atom stereocenters. The zero-order valence-corrected chi connectivity index (χ0v) is 28.8. The predicted octanol–water partition coefficient (Wildman–Crippen LogP) is 3.34. The van der Waals surface area contributed by atoms with E-state index in [2.05, 4.69) is 16.6 Å². The van der Waals surface area contributed by atoms with E-state index in [9.17, 15) is 27.9 Å². The summed E-state index contributed by atoms with van der Waals surface area (Å²) in [6, 6.07) is 15.7. The molecular weight excluding hydrogens is 648 g/mol. The van der Waals surface area contributed by atoms with Crippen molar-refractivity contribution in [1.82, 2.24) is 19.9 Å². The zero-order chi connectivity index (χ0) is 35.3. The molecule has 49 heavy (non-hydrogen) atoms. The summed E-state index contributed by atoms with van der Waals surface area (Å²) in [5.41, 5.74) is -0.220. The number of benzene rings is 2. The number of likely N-dealkylation sites (tertiary alicyclic amines) is 1. The Morgan fingerprint density at radius 3 is 2.45 bits per heavy atom. The molecule has 1 aromatic heterocycles. The standard InChI is InChI=1S/C36H42N4O8S/c1-6-22-19-36(22,34(44)39-49(45,46)25-13-14-25)38-32(42)29-17-24(20-40(29)33(43)31(41)35(2,3)4)48-30-18-27(21-10-8-7-9-11-21)37-28-16-23(47-5)12-15-26(28)30/h6-12,15-16,18,22,24-25,29,31,41H,1,13-14,17,19-20H2,2-5H3,(H,38,42)(H,39,44)/t22-,24?,29?,31-,36-/m1/s1. The third-order valence-corrected chi connectivity index (χ3v) is 11.3. The van der Waals surface area contributed by atoms with Crippen molar-refractivity contribution in [1.29, 1.82) is 0 Å². The lowest BCUT2D eigenvalue weighted by molar-refractivity contribution is -0.150. The van der Waals surface area contributed by atoms with Crippen LogP contribution < -0.4 is 19.5 Å². The lowest BCUT2D eigenvalue weighted by atomic mass is 9.88. The van der Waals surface area contributed by atoms with Gasteiger partial charge in [-0.3, -0.25) is 19.1 Å². The first-order valence-corrected chi connectivity index (χ1v) is 17.9. The number of methoxy groups -OCH3 is 1. The monoisotopic (exact) mass is 690 g/mol. The minimum atomic E-state index is -3.87. The molecule has 2 aromatic carbocycles. The number of carbonyl (C=O) groups is 3. The van der Waals surface area contributed by atoms with Crippen molar-refractivity contribution in [2.75, 3.05) is 13.7 Å². The summed E-state index contributed by atoms with van der Waals surface area (Å²) in [6.07, 6.45) is 0.540. The maximum absolute atomic E-state index is 14.1. The van der Waals surface area contributed by atoms with Gasteiger partial charge in [0, 0.05) is 35.4 Å². The van der Waals surface area contributed by atoms with Crippen molar-refractivity contribution in [2.24, 2.45) is 11.3 Å². The lowest BCUT2D eigenvalue weighted by Gasteiger charge is -2.32. The second-order valence-corrected chi connectivity index (χ2v) is 16.1. The van der Waals surface area contributed by atoms with E-state index in [1.54, 1.807) is 40.0 Å². The molecule has 1 saturated heterocycles. The maximum Gasteiger partial charge on any atom is 0.259 e. The highest BCUT2D eigenvalue weighted by molar-refractivity contribution is 7.91. The van der Waals surface area contributed by atoms with Gasteiger partial charge in [0.15, 0.2) is 0 Å². The molecule has 2 saturated carbocycles. The minimum absolute atomic E-state index is 0.0230. The van der Waals surface area contributed by atoms with Crippen molar-refractivity contribution in [2.45, 2.75) is 75.5 Å². The molecule has 2 heterocycles. The highest BCUT2D eigenvalue weighted by Crippen LogP contribution is 2.45. The number of pyridine rings is 1. The molecule has 3 fully saturated rings. The molecule has 0 radical (unpaired) electrons. The van der Waals surface area contributed by atoms with Crippen molar-refractivity contribution < 1.29 is 37.4 Å². The number of sulfonamides is 1. The van der Waals surface area contributed by atoms with Crippen molar-refractivity contribution >= 4 is 38.6 Å². The first-order valence-electron chi connectivity index (χ1n) is 16.4.